The standard InChI is InChI=1S/C28H33FN8O4S/c1-6-40-24(38)18-12-42-26(31-18)35-25-33-22-20(23(34-25)37-11-13-7-15(37)10-17(13)30)16-8-14(29)9-19(21(16)32-22)36(5)27(39)41-28(2,3)4/h8-9,12-13,15,17H,6-7,10-11,30H2,1-5H3,(H2,31,32,33,34,35). The maximum Gasteiger partial charge on any atom is 0.414 e. The highest BCUT2D eigenvalue weighted by Gasteiger charge is 2.44. The minimum atomic E-state index is -0.726. The zero-order valence-electron chi connectivity index (χ0n) is 24.0. The fourth-order valence-electron chi connectivity index (χ4n) is 5.76. The monoisotopic (exact) mass is 596 g/mol. The van der Waals surface area contributed by atoms with E-state index in [-0.39, 0.29) is 30.3 Å². The van der Waals surface area contributed by atoms with Crippen LogP contribution in [-0.4, -0.2) is 69.9 Å². The number of halogens is 1. The molecule has 4 aromatic rings. The number of aromatic nitrogens is 4. The molecule has 3 atom stereocenters. The Balaban J connectivity index is 1.47. The summed E-state index contributed by atoms with van der Waals surface area (Å²) in [6.07, 6.45) is 1.17. The van der Waals surface area contributed by atoms with E-state index < -0.39 is 23.5 Å². The van der Waals surface area contributed by atoms with Gasteiger partial charge >= 0.3 is 12.1 Å². The van der Waals surface area contributed by atoms with Crippen LogP contribution in [0, 0.1) is 11.7 Å². The molecule has 14 heteroatoms. The van der Waals surface area contributed by atoms with Crippen LogP contribution in [0.4, 0.5) is 31.8 Å². The molecule has 3 aromatic heterocycles. The van der Waals surface area contributed by atoms with Gasteiger partial charge in [0, 0.05) is 36.4 Å². The first-order chi connectivity index (χ1) is 19.9. The minimum Gasteiger partial charge on any atom is -0.461 e. The number of hydrogen-bond donors (Lipinski definition) is 3. The van der Waals surface area contributed by atoms with Crippen molar-refractivity contribution < 1.29 is 23.5 Å². The van der Waals surface area contributed by atoms with Gasteiger partial charge in [0.2, 0.25) is 5.95 Å². The number of ether oxygens (including phenoxy) is 2. The number of rotatable bonds is 6. The van der Waals surface area contributed by atoms with Gasteiger partial charge in [0.25, 0.3) is 0 Å². The summed E-state index contributed by atoms with van der Waals surface area (Å²) in [6.45, 7) is 8.01. The van der Waals surface area contributed by atoms with Crippen LogP contribution >= 0.6 is 11.3 Å². The number of piperidine rings is 1. The van der Waals surface area contributed by atoms with Gasteiger partial charge in [-0.3, -0.25) is 10.2 Å². The summed E-state index contributed by atoms with van der Waals surface area (Å²) in [7, 11) is 1.54. The van der Waals surface area contributed by atoms with E-state index in [1.165, 1.54) is 35.4 Å². The van der Waals surface area contributed by atoms with E-state index in [2.05, 4.69) is 20.2 Å². The molecular formula is C28H33FN8O4S. The Morgan fingerprint density at radius 2 is 2.05 bits per heavy atom. The lowest BCUT2D eigenvalue weighted by atomic mass is 10.0. The van der Waals surface area contributed by atoms with Crippen LogP contribution in [0.3, 0.4) is 0 Å². The molecule has 222 valence electrons. The van der Waals surface area contributed by atoms with Gasteiger partial charge in [0.1, 0.15) is 22.9 Å². The van der Waals surface area contributed by atoms with E-state index >= 15 is 4.39 Å². The van der Waals surface area contributed by atoms with Crippen molar-refractivity contribution in [2.24, 2.45) is 11.7 Å². The van der Waals surface area contributed by atoms with Crippen LogP contribution < -0.4 is 20.9 Å². The topological polar surface area (TPSA) is 152 Å². The summed E-state index contributed by atoms with van der Waals surface area (Å²) in [5.74, 6) is 0.192. The highest BCUT2D eigenvalue weighted by Crippen LogP contribution is 2.44. The van der Waals surface area contributed by atoms with Crippen molar-refractivity contribution in [3.05, 3.63) is 29.0 Å². The molecular weight excluding hydrogens is 563 g/mol. The summed E-state index contributed by atoms with van der Waals surface area (Å²) < 4.78 is 25.7. The van der Waals surface area contributed by atoms with Crippen LogP contribution in [0.1, 0.15) is 51.0 Å². The van der Waals surface area contributed by atoms with Crippen LogP contribution in [0.2, 0.25) is 0 Å². The van der Waals surface area contributed by atoms with E-state index in [1.807, 2.05) is 0 Å². The summed E-state index contributed by atoms with van der Waals surface area (Å²) in [4.78, 5) is 45.8. The number of benzene rings is 1. The molecule has 1 amide bonds. The van der Waals surface area contributed by atoms with E-state index in [1.54, 1.807) is 33.1 Å². The molecule has 4 heterocycles. The van der Waals surface area contributed by atoms with Gasteiger partial charge in [-0.05, 0) is 58.6 Å². The Morgan fingerprint density at radius 3 is 2.71 bits per heavy atom. The molecule has 1 aromatic carbocycles. The number of nitrogens with two attached hydrogens (primary N) is 1. The minimum absolute atomic E-state index is 0.132. The summed E-state index contributed by atoms with van der Waals surface area (Å²) in [5, 5.41) is 6.32. The van der Waals surface area contributed by atoms with Gasteiger partial charge in [-0.1, -0.05) is 0 Å². The van der Waals surface area contributed by atoms with Gasteiger partial charge in [-0.15, -0.1) is 11.3 Å². The van der Waals surface area contributed by atoms with E-state index in [4.69, 9.17) is 25.2 Å². The Kier molecular flexibility index (Phi) is 6.92. The molecule has 1 saturated heterocycles. The van der Waals surface area contributed by atoms with Crippen LogP contribution in [-0.2, 0) is 9.47 Å². The van der Waals surface area contributed by atoms with Crippen molar-refractivity contribution in [1.82, 2.24) is 19.9 Å². The largest absolute Gasteiger partial charge is 0.461 e. The first-order valence-corrected chi connectivity index (χ1v) is 14.7. The quantitative estimate of drug-likeness (QED) is 0.262. The Morgan fingerprint density at radius 1 is 1.26 bits per heavy atom. The summed E-state index contributed by atoms with van der Waals surface area (Å²) in [6, 6.07) is 3.03. The second kappa shape index (κ2) is 10.3. The number of anilines is 4. The number of esters is 1. The molecule has 1 aliphatic heterocycles. The molecule has 2 fully saturated rings. The third-order valence-electron chi connectivity index (χ3n) is 7.59. The predicted molar refractivity (Wildman–Crippen MR) is 159 cm³/mol. The number of fused-ring (bicyclic) bond motifs is 5. The summed E-state index contributed by atoms with van der Waals surface area (Å²) in [5.41, 5.74) is 7.09. The van der Waals surface area contributed by atoms with Gasteiger partial charge in [0.15, 0.2) is 10.8 Å². The van der Waals surface area contributed by atoms with Crippen molar-refractivity contribution in [2.45, 2.75) is 58.2 Å². The molecule has 3 unspecified atom stereocenters. The Bertz CT molecular complexity index is 1700. The highest BCUT2D eigenvalue weighted by atomic mass is 32.1. The molecule has 1 saturated carbocycles. The fourth-order valence-corrected chi connectivity index (χ4v) is 6.44. The number of aromatic amines is 1. The number of carbonyl (C=O) groups excluding carboxylic acids is 2. The van der Waals surface area contributed by atoms with E-state index in [0.29, 0.717) is 51.0 Å². The average Bonchev–Trinajstić information content (AvgIpc) is 3.69. The van der Waals surface area contributed by atoms with Gasteiger partial charge < -0.3 is 25.1 Å². The number of H-pyrrole nitrogens is 1. The summed E-state index contributed by atoms with van der Waals surface area (Å²) >= 11 is 1.22. The number of nitrogens with one attached hydrogen (secondary N) is 2. The smallest absolute Gasteiger partial charge is 0.414 e. The van der Waals surface area contributed by atoms with Gasteiger partial charge in [0.05, 0.1) is 23.2 Å². The average molecular weight is 597 g/mol. The number of hydrogen-bond acceptors (Lipinski definition) is 11. The molecule has 6 rings (SSSR count). The molecule has 2 bridgehead atoms. The normalized spacial score (nSPS) is 20.0. The zero-order valence-corrected chi connectivity index (χ0v) is 24.8. The molecule has 0 spiro atoms. The number of nitrogens with zero attached hydrogens (tertiary/aromatic N) is 5. The first-order valence-electron chi connectivity index (χ1n) is 13.8. The zero-order chi connectivity index (χ0) is 29.9. The Hall–Kier alpha value is -4.04. The predicted octanol–water partition coefficient (Wildman–Crippen LogP) is 4.92. The van der Waals surface area contributed by atoms with Crippen LogP contribution in [0.5, 0.6) is 0 Å². The molecule has 1 aliphatic carbocycles. The van der Waals surface area contributed by atoms with Crippen molar-refractivity contribution >= 4 is 67.9 Å². The molecule has 0 radical (unpaired) electrons. The molecule has 42 heavy (non-hydrogen) atoms. The Labute approximate surface area is 245 Å². The van der Waals surface area contributed by atoms with Crippen LogP contribution in [0.15, 0.2) is 17.5 Å². The lowest BCUT2D eigenvalue weighted by Gasteiger charge is -2.31. The number of thiazole rings is 1. The first kappa shape index (κ1) is 28.1. The second-order valence-electron chi connectivity index (χ2n) is 11.7. The fraction of sp³-hybridized carbons (Fsp3) is 0.464. The number of amides is 1. The van der Waals surface area contributed by atoms with Gasteiger partial charge in [-0.2, -0.15) is 9.97 Å². The highest BCUT2D eigenvalue weighted by molar-refractivity contribution is 7.14. The molecule has 2 aliphatic rings. The van der Waals surface area contributed by atoms with E-state index in [9.17, 15) is 9.59 Å². The maximum absolute atomic E-state index is 15.1. The lowest BCUT2D eigenvalue weighted by molar-refractivity contribution is 0.0519. The SMILES string of the molecule is CCOC(=O)c1csc(Nc2nc(N3CC4CC3CC4N)c3c(n2)[nH]c2c(N(C)C(=O)OC(C)(C)C)cc(F)cc23)n1. The van der Waals surface area contributed by atoms with Crippen molar-refractivity contribution in [3.63, 3.8) is 0 Å². The third kappa shape index (κ3) is 5.09. The van der Waals surface area contributed by atoms with Crippen molar-refractivity contribution in [3.8, 4) is 0 Å². The maximum atomic E-state index is 15.1. The van der Waals surface area contributed by atoms with Crippen molar-refractivity contribution in [1.29, 1.82) is 0 Å². The number of carbonyl (C=O) groups is 2. The third-order valence-corrected chi connectivity index (χ3v) is 8.35. The van der Waals surface area contributed by atoms with Gasteiger partial charge in [-0.25, -0.2) is 19.0 Å². The second-order valence-corrected chi connectivity index (χ2v) is 12.5. The van der Waals surface area contributed by atoms with E-state index in [0.717, 1.165) is 12.8 Å². The molecule has 12 nitrogen and oxygen atoms in total. The van der Waals surface area contributed by atoms with Crippen LogP contribution in [0.25, 0.3) is 21.9 Å². The van der Waals surface area contributed by atoms with Crippen molar-refractivity contribution in [2.75, 3.05) is 35.3 Å². The molecule has 4 N–H and O–H groups in total. The lowest BCUT2D eigenvalue weighted by Crippen LogP contribution is -2.41.